The molecule has 0 bridgehead atoms. The molecule has 0 aliphatic carbocycles. The van der Waals surface area contributed by atoms with Crippen molar-refractivity contribution < 1.29 is 28.7 Å². The molecular weight excluding hydrogens is 562 g/mol. The number of likely N-dealkylation sites (tertiary alicyclic amines) is 1. The number of hydrogen-bond donors (Lipinski definition) is 4. The molecule has 11 heteroatoms. The molecule has 1 fully saturated rings. The minimum atomic E-state index is -0.872. The van der Waals surface area contributed by atoms with Gasteiger partial charge in [0.1, 0.15) is 6.04 Å². The summed E-state index contributed by atoms with van der Waals surface area (Å²) in [6.45, 7) is 10.4. The minimum absolute atomic E-state index is 0.0367. The van der Waals surface area contributed by atoms with Crippen molar-refractivity contribution in [3.05, 3.63) is 35.9 Å². The molecule has 0 radical (unpaired) electrons. The van der Waals surface area contributed by atoms with Gasteiger partial charge in [0.05, 0.1) is 36.6 Å². The number of rotatable bonds is 18. The molecule has 0 unspecified atom stereocenters. The van der Waals surface area contributed by atoms with Gasteiger partial charge in [-0.1, -0.05) is 71.4 Å². The van der Waals surface area contributed by atoms with E-state index in [0.717, 1.165) is 18.4 Å². The van der Waals surface area contributed by atoms with Crippen LogP contribution in [-0.2, 0) is 35.1 Å². The highest BCUT2D eigenvalue weighted by atomic mass is 16.5. The largest absolute Gasteiger partial charge is 0.379 e. The molecule has 5 N–H and O–H groups in total. The Bertz CT molecular complexity index is 1070. The average Bonchev–Trinajstić information content (AvgIpc) is 3.49. The summed E-state index contributed by atoms with van der Waals surface area (Å²) in [4.78, 5) is 53.9. The van der Waals surface area contributed by atoms with E-state index in [-0.39, 0.29) is 54.5 Å². The molecule has 1 aliphatic heterocycles. The predicted octanol–water partition coefficient (Wildman–Crippen LogP) is 2.02. The van der Waals surface area contributed by atoms with Crippen LogP contribution in [0.2, 0.25) is 0 Å². The molecule has 4 amide bonds. The summed E-state index contributed by atoms with van der Waals surface area (Å²) in [6, 6.07) is 7.49. The SMILES string of the molecule is CC[C@H](C)[C@H](N[C@H](C(=O)NC)C(C)C)[C@@H](CC(=O)N1CCC[C@H]1[C@H](OC)[C@@H](C)C(=O)N[C@@H](Cc1ccccc1)C(N)=O)OC. The number of primary amides is 1. The zero-order chi connectivity index (χ0) is 33.0. The van der Waals surface area contributed by atoms with E-state index in [4.69, 9.17) is 15.2 Å². The molecule has 1 aromatic carbocycles. The van der Waals surface area contributed by atoms with Gasteiger partial charge in [-0.25, -0.2) is 0 Å². The van der Waals surface area contributed by atoms with Crippen LogP contribution in [0.1, 0.15) is 65.9 Å². The van der Waals surface area contributed by atoms with Crippen molar-refractivity contribution in [1.29, 1.82) is 0 Å². The van der Waals surface area contributed by atoms with Gasteiger partial charge in [-0.05, 0) is 30.2 Å². The van der Waals surface area contributed by atoms with Crippen LogP contribution in [0.4, 0.5) is 0 Å². The molecule has 2 rings (SSSR count). The van der Waals surface area contributed by atoms with E-state index in [2.05, 4.69) is 29.8 Å². The van der Waals surface area contributed by atoms with Crippen LogP contribution >= 0.6 is 0 Å². The van der Waals surface area contributed by atoms with Crippen molar-refractivity contribution in [1.82, 2.24) is 20.9 Å². The van der Waals surface area contributed by atoms with Crippen molar-refractivity contribution in [3.63, 3.8) is 0 Å². The average molecular weight is 618 g/mol. The number of methoxy groups -OCH3 is 2. The Balaban J connectivity index is 2.19. The van der Waals surface area contributed by atoms with Gasteiger partial charge < -0.3 is 30.7 Å². The van der Waals surface area contributed by atoms with E-state index >= 15 is 0 Å². The zero-order valence-corrected chi connectivity index (χ0v) is 27.8. The standard InChI is InChI=1S/C33H55N5O6/c1-9-21(4)29(37-28(20(2)3)33(42)35-6)26(43-7)19-27(39)38-17-13-16-25(38)30(44-8)22(5)32(41)36-24(31(34)40)18-23-14-11-10-12-15-23/h10-12,14-15,20-22,24-26,28-30,37H,9,13,16-19H2,1-8H3,(H2,34,40)(H,35,42)(H,36,41)/t21-,22+,24-,25-,26+,28-,29-,30+/m0/s1. The fourth-order valence-corrected chi connectivity index (χ4v) is 6.13. The molecule has 1 heterocycles. The molecule has 8 atom stereocenters. The van der Waals surface area contributed by atoms with Crippen LogP contribution < -0.4 is 21.7 Å². The van der Waals surface area contributed by atoms with Crippen LogP contribution in [0.15, 0.2) is 30.3 Å². The van der Waals surface area contributed by atoms with E-state index in [1.54, 1.807) is 26.0 Å². The van der Waals surface area contributed by atoms with Crippen LogP contribution in [0.25, 0.3) is 0 Å². The first-order chi connectivity index (χ1) is 20.9. The monoisotopic (exact) mass is 617 g/mol. The normalized spacial score (nSPS) is 19.8. The van der Waals surface area contributed by atoms with E-state index in [1.165, 1.54) is 7.11 Å². The Labute approximate surface area is 263 Å². The number of hydrogen-bond acceptors (Lipinski definition) is 7. The zero-order valence-electron chi connectivity index (χ0n) is 27.8. The Morgan fingerprint density at radius 3 is 2.20 bits per heavy atom. The van der Waals surface area contributed by atoms with Gasteiger partial charge in [0, 0.05) is 40.3 Å². The third kappa shape index (κ3) is 10.0. The molecule has 11 nitrogen and oxygen atoms in total. The van der Waals surface area contributed by atoms with Crippen LogP contribution in [0.5, 0.6) is 0 Å². The molecule has 0 spiro atoms. The van der Waals surface area contributed by atoms with Gasteiger partial charge in [0.2, 0.25) is 23.6 Å². The van der Waals surface area contributed by atoms with Crippen molar-refractivity contribution in [2.75, 3.05) is 27.8 Å². The maximum absolute atomic E-state index is 13.9. The number of ether oxygens (including phenoxy) is 2. The second-order valence-electron chi connectivity index (χ2n) is 12.3. The summed E-state index contributed by atoms with van der Waals surface area (Å²) in [5.41, 5.74) is 6.52. The number of nitrogens with one attached hydrogen (secondary N) is 3. The second kappa shape index (κ2) is 18.1. The molecule has 1 aromatic rings. The Hall–Kier alpha value is -3.02. The number of benzene rings is 1. The Morgan fingerprint density at radius 1 is 1.02 bits per heavy atom. The summed E-state index contributed by atoms with van der Waals surface area (Å²) < 4.78 is 11.8. The lowest BCUT2D eigenvalue weighted by molar-refractivity contribution is -0.142. The third-order valence-corrected chi connectivity index (χ3v) is 9.02. The molecule has 0 saturated carbocycles. The summed E-state index contributed by atoms with van der Waals surface area (Å²) >= 11 is 0. The lowest BCUT2D eigenvalue weighted by Crippen LogP contribution is -2.57. The van der Waals surface area contributed by atoms with Gasteiger partial charge in [0.25, 0.3) is 0 Å². The number of carbonyl (C=O) groups excluding carboxylic acids is 4. The lowest BCUT2D eigenvalue weighted by atomic mass is 9.89. The highest BCUT2D eigenvalue weighted by Crippen LogP contribution is 2.28. The van der Waals surface area contributed by atoms with E-state index in [0.29, 0.717) is 13.0 Å². The fourth-order valence-electron chi connectivity index (χ4n) is 6.13. The van der Waals surface area contributed by atoms with Crippen LogP contribution in [0, 0.1) is 17.8 Å². The van der Waals surface area contributed by atoms with Crippen molar-refractivity contribution in [2.24, 2.45) is 23.5 Å². The van der Waals surface area contributed by atoms with Gasteiger partial charge in [0.15, 0.2) is 0 Å². The number of nitrogens with two attached hydrogens (primary N) is 1. The van der Waals surface area contributed by atoms with Crippen molar-refractivity contribution in [3.8, 4) is 0 Å². The number of likely N-dealkylation sites (N-methyl/N-ethyl adjacent to an activating group) is 1. The first-order valence-electron chi connectivity index (χ1n) is 15.9. The molecule has 44 heavy (non-hydrogen) atoms. The van der Waals surface area contributed by atoms with Crippen LogP contribution in [0.3, 0.4) is 0 Å². The van der Waals surface area contributed by atoms with E-state index < -0.39 is 36.1 Å². The maximum atomic E-state index is 13.9. The predicted molar refractivity (Wildman–Crippen MR) is 170 cm³/mol. The Morgan fingerprint density at radius 2 is 1.68 bits per heavy atom. The molecule has 248 valence electrons. The lowest BCUT2D eigenvalue weighted by Gasteiger charge is -2.37. The van der Waals surface area contributed by atoms with E-state index in [1.807, 2.05) is 44.2 Å². The van der Waals surface area contributed by atoms with Crippen molar-refractivity contribution in [2.45, 2.75) is 103 Å². The quantitative estimate of drug-likeness (QED) is 0.197. The molecule has 0 aromatic heterocycles. The topological polar surface area (TPSA) is 152 Å². The first kappa shape index (κ1) is 37.2. The highest BCUT2D eigenvalue weighted by Gasteiger charge is 2.42. The molecular formula is C33H55N5O6. The fraction of sp³-hybridized carbons (Fsp3) is 0.697. The second-order valence-corrected chi connectivity index (χ2v) is 12.3. The van der Waals surface area contributed by atoms with Gasteiger partial charge >= 0.3 is 0 Å². The first-order valence-corrected chi connectivity index (χ1v) is 15.9. The van der Waals surface area contributed by atoms with Gasteiger partial charge in [-0.3, -0.25) is 24.5 Å². The third-order valence-electron chi connectivity index (χ3n) is 9.02. The van der Waals surface area contributed by atoms with Gasteiger partial charge in [-0.2, -0.15) is 0 Å². The Kier molecular flexibility index (Phi) is 15.3. The smallest absolute Gasteiger partial charge is 0.240 e. The van der Waals surface area contributed by atoms with Gasteiger partial charge in [-0.15, -0.1) is 0 Å². The number of amides is 4. The summed E-state index contributed by atoms with van der Waals surface area (Å²) in [5, 5.41) is 9.04. The summed E-state index contributed by atoms with van der Waals surface area (Å²) in [6.07, 6.45) is 1.63. The molecule has 1 aliphatic rings. The van der Waals surface area contributed by atoms with E-state index in [9.17, 15) is 19.2 Å². The number of nitrogens with zero attached hydrogens (tertiary/aromatic N) is 1. The maximum Gasteiger partial charge on any atom is 0.240 e. The van der Waals surface area contributed by atoms with Crippen molar-refractivity contribution >= 4 is 23.6 Å². The minimum Gasteiger partial charge on any atom is -0.379 e. The van der Waals surface area contributed by atoms with Crippen LogP contribution in [-0.4, -0.2) is 92.7 Å². The highest BCUT2D eigenvalue weighted by molar-refractivity contribution is 5.88. The summed E-state index contributed by atoms with van der Waals surface area (Å²) in [7, 11) is 4.75. The summed E-state index contributed by atoms with van der Waals surface area (Å²) in [5.74, 6) is -1.65. The molecule has 1 saturated heterocycles. The number of carbonyl (C=O) groups is 4.